The first-order chi connectivity index (χ1) is 13.8. The highest BCUT2D eigenvalue weighted by molar-refractivity contribution is 5.83. The van der Waals surface area contributed by atoms with Crippen LogP contribution in [0.2, 0.25) is 0 Å². The van der Waals surface area contributed by atoms with Gasteiger partial charge in [0.15, 0.2) is 0 Å². The van der Waals surface area contributed by atoms with Gasteiger partial charge in [-0.25, -0.2) is 4.39 Å². The zero-order valence-electron chi connectivity index (χ0n) is 17.8. The largest absolute Gasteiger partial charge is 0.464 e. The molecule has 1 nitrogen and oxygen atoms in total. The van der Waals surface area contributed by atoms with Crippen molar-refractivity contribution in [2.75, 3.05) is 0 Å². The second-order valence-corrected chi connectivity index (χ2v) is 9.28. The molecule has 0 radical (unpaired) electrons. The molecule has 3 aromatic rings. The SMILES string of the molecule is CC1(C)CCCC(=C(c2ccc(F)cc2)c2ccc(-c3ccco3)cc2)C1(C)C. The number of hydrogen-bond donors (Lipinski definition) is 0. The summed E-state index contributed by atoms with van der Waals surface area (Å²) in [5.74, 6) is 0.668. The van der Waals surface area contributed by atoms with Crippen LogP contribution >= 0.6 is 0 Å². The summed E-state index contributed by atoms with van der Waals surface area (Å²) in [6.45, 7) is 9.47. The monoisotopic (exact) mass is 388 g/mol. The van der Waals surface area contributed by atoms with Gasteiger partial charge in [-0.05, 0) is 71.1 Å². The predicted octanol–water partition coefficient (Wildman–Crippen LogP) is 8.12. The summed E-state index contributed by atoms with van der Waals surface area (Å²) in [6.07, 6.45) is 5.17. The highest BCUT2D eigenvalue weighted by atomic mass is 19.1. The molecule has 0 N–H and O–H groups in total. The van der Waals surface area contributed by atoms with Crippen molar-refractivity contribution in [2.45, 2.75) is 47.0 Å². The van der Waals surface area contributed by atoms with E-state index in [-0.39, 0.29) is 16.6 Å². The van der Waals surface area contributed by atoms with Crippen molar-refractivity contribution >= 4 is 5.57 Å². The number of benzene rings is 2. The minimum absolute atomic E-state index is 0.0503. The second kappa shape index (κ2) is 7.33. The van der Waals surface area contributed by atoms with E-state index in [0.717, 1.165) is 23.3 Å². The third-order valence-corrected chi connectivity index (χ3v) is 7.09. The maximum Gasteiger partial charge on any atom is 0.133 e. The second-order valence-electron chi connectivity index (χ2n) is 9.28. The van der Waals surface area contributed by atoms with Crippen LogP contribution in [-0.2, 0) is 0 Å². The molecular formula is C27H29FO. The summed E-state index contributed by atoms with van der Waals surface area (Å²) in [7, 11) is 0. The summed E-state index contributed by atoms with van der Waals surface area (Å²) >= 11 is 0. The van der Waals surface area contributed by atoms with E-state index < -0.39 is 0 Å². The Morgan fingerprint density at radius 2 is 1.48 bits per heavy atom. The molecule has 0 saturated heterocycles. The fourth-order valence-corrected chi connectivity index (χ4v) is 4.55. The Labute approximate surface area is 173 Å². The van der Waals surface area contributed by atoms with Crippen LogP contribution in [-0.4, -0.2) is 0 Å². The van der Waals surface area contributed by atoms with Crippen LogP contribution in [0.5, 0.6) is 0 Å². The van der Waals surface area contributed by atoms with Crippen LogP contribution < -0.4 is 0 Å². The summed E-state index contributed by atoms with van der Waals surface area (Å²) in [5.41, 5.74) is 6.28. The lowest BCUT2D eigenvalue weighted by Gasteiger charge is -2.49. The number of hydrogen-bond acceptors (Lipinski definition) is 1. The molecule has 1 saturated carbocycles. The van der Waals surface area contributed by atoms with Gasteiger partial charge >= 0.3 is 0 Å². The van der Waals surface area contributed by atoms with Crippen LogP contribution in [0.15, 0.2) is 76.9 Å². The van der Waals surface area contributed by atoms with Gasteiger partial charge in [0.2, 0.25) is 0 Å². The van der Waals surface area contributed by atoms with Crippen molar-refractivity contribution in [1.82, 2.24) is 0 Å². The number of halogens is 1. The van der Waals surface area contributed by atoms with Gasteiger partial charge in [0, 0.05) is 5.56 Å². The molecular weight excluding hydrogens is 359 g/mol. The average molecular weight is 389 g/mol. The molecule has 0 atom stereocenters. The molecule has 150 valence electrons. The number of rotatable bonds is 3. The number of allylic oxidation sites excluding steroid dienone is 1. The molecule has 0 bridgehead atoms. The Balaban J connectivity index is 1.89. The van der Waals surface area contributed by atoms with E-state index in [4.69, 9.17) is 4.42 Å². The van der Waals surface area contributed by atoms with Crippen molar-refractivity contribution in [3.63, 3.8) is 0 Å². The van der Waals surface area contributed by atoms with Gasteiger partial charge in [0.1, 0.15) is 11.6 Å². The van der Waals surface area contributed by atoms with Crippen LogP contribution in [0.1, 0.15) is 58.1 Å². The van der Waals surface area contributed by atoms with Crippen LogP contribution in [0.4, 0.5) is 4.39 Å². The minimum atomic E-state index is -0.200. The maximum atomic E-state index is 13.7. The Morgan fingerprint density at radius 3 is 2.07 bits per heavy atom. The zero-order valence-corrected chi connectivity index (χ0v) is 17.8. The third-order valence-electron chi connectivity index (χ3n) is 7.09. The van der Waals surface area contributed by atoms with E-state index in [1.54, 1.807) is 18.4 Å². The van der Waals surface area contributed by atoms with Gasteiger partial charge in [-0.1, -0.05) is 69.7 Å². The van der Waals surface area contributed by atoms with Crippen molar-refractivity contribution in [3.8, 4) is 11.3 Å². The van der Waals surface area contributed by atoms with Crippen molar-refractivity contribution in [2.24, 2.45) is 10.8 Å². The normalized spacial score (nSPS) is 19.8. The molecule has 4 rings (SSSR count). The predicted molar refractivity (Wildman–Crippen MR) is 118 cm³/mol. The van der Waals surface area contributed by atoms with Crippen LogP contribution in [0.3, 0.4) is 0 Å². The van der Waals surface area contributed by atoms with Crippen molar-refractivity contribution in [3.05, 3.63) is 89.4 Å². The zero-order chi connectivity index (χ0) is 20.6. The van der Waals surface area contributed by atoms with Crippen molar-refractivity contribution < 1.29 is 8.81 Å². The smallest absolute Gasteiger partial charge is 0.133 e. The molecule has 1 aromatic heterocycles. The molecule has 1 aliphatic carbocycles. The summed E-state index contributed by atoms with van der Waals surface area (Å²) in [4.78, 5) is 0. The highest BCUT2D eigenvalue weighted by Crippen LogP contribution is 2.55. The lowest BCUT2D eigenvalue weighted by atomic mass is 9.56. The molecule has 2 heteroatoms. The maximum absolute atomic E-state index is 13.7. The van der Waals surface area contributed by atoms with E-state index in [2.05, 4.69) is 52.0 Å². The molecule has 1 heterocycles. The molecule has 0 spiro atoms. The van der Waals surface area contributed by atoms with E-state index in [1.807, 2.05) is 24.3 Å². The molecule has 2 aromatic carbocycles. The first-order valence-corrected chi connectivity index (χ1v) is 10.4. The van der Waals surface area contributed by atoms with Gasteiger partial charge in [-0.3, -0.25) is 0 Å². The van der Waals surface area contributed by atoms with Crippen LogP contribution in [0, 0.1) is 16.6 Å². The third kappa shape index (κ3) is 3.57. The average Bonchev–Trinajstić information content (AvgIpc) is 3.22. The first kappa shape index (κ1) is 19.7. The Hall–Kier alpha value is -2.61. The number of furan rings is 1. The molecule has 1 aliphatic rings. The van der Waals surface area contributed by atoms with E-state index in [0.29, 0.717) is 0 Å². The quantitative estimate of drug-likeness (QED) is 0.441. The van der Waals surface area contributed by atoms with E-state index >= 15 is 0 Å². The molecule has 1 fully saturated rings. The summed E-state index contributed by atoms with van der Waals surface area (Å²) in [5, 5.41) is 0. The first-order valence-electron chi connectivity index (χ1n) is 10.4. The lowest BCUT2D eigenvalue weighted by Crippen LogP contribution is -2.38. The fraction of sp³-hybridized carbons (Fsp3) is 0.333. The Morgan fingerprint density at radius 1 is 0.862 bits per heavy atom. The van der Waals surface area contributed by atoms with Gasteiger partial charge in [0.25, 0.3) is 0 Å². The molecule has 0 aliphatic heterocycles. The van der Waals surface area contributed by atoms with Gasteiger partial charge in [-0.2, -0.15) is 0 Å². The topological polar surface area (TPSA) is 13.1 Å². The van der Waals surface area contributed by atoms with Gasteiger partial charge in [0.05, 0.1) is 6.26 Å². The fourth-order valence-electron chi connectivity index (χ4n) is 4.55. The minimum Gasteiger partial charge on any atom is -0.464 e. The van der Waals surface area contributed by atoms with Crippen LogP contribution in [0.25, 0.3) is 16.9 Å². The van der Waals surface area contributed by atoms with Gasteiger partial charge in [-0.15, -0.1) is 0 Å². The highest BCUT2D eigenvalue weighted by Gasteiger charge is 2.43. The van der Waals surface area contributed by atoms with E-state index in [1.165, 1.54) is 29.6 Å². The summed E-state index contributed by atoms with van der Waals surface area (Å²) < 4.78 is 19.2. The molecule has 29 heavy (non-hydrogen) atoms. The Bertz CT molecular complexity index is 1000. The summed E-state index contributed by atoms with van der Waals surface area (Å²) in [6, 6.07) is 19.4. The Kier molecular flexibility index (Phi) is 4.98. The molecule has 0 amide bonds. The standard InChI is InChI=1S/C27H29FO/c1-26(2)17-5-7-23(27(26,3)4)25(21-13-15-22(28)16-14-21)20-11-9-19(10-12-20)24-8-6-18-29-24/h6,8-16,18H,5,7,17H2,1-4H3. The molecule has 0 unspecified atom stereocenters. The lowest BCUT2D eigenvalue weighted by molar-refractivity contribution is 0.107. The van der Waals surface area contributed by atoms with E-state index in [9.17, 15) is 4.39 Å². The van der Waals surface area contributed by atoms with Crippen molar-refractivity contribution in [1.29, 1.82) is 0 Å². The van der Waals surface area contributed by atoms with Gasteiger partial charge < -0.3 is 4.42 Å².